The average Bonchev–Trinajstić information content (AvgIpc) is 2.03. The van der Waals surface area contributed by atoms with E-state index >= 15 is 0 Å². The molecule has 1 nitrogen and oxygen atoms in total. The van der Waals surface area contributed by atoms with Crippen LogP contribution in [0.3, 0.4) is 0 Å². The first-order valence-corrected chi connectivity index (χ1v) is 4.53. The monoisotopic (exact) mass is 175 g/mol. The van der Waals surface area contributed by atoms with Crippen LogP contribution >= 0.6 is 0 Å². The van der Waals surface area contributed by atoms with E-state index < -0.39 is 0 Å². The second-order valence-electron chi connectivity index (χ2n) is 4.33. The second-order valence-corrected chi connectivity index (χ2v) is 4.33. The molecule has 0 aliphatic rings. The maximum Gasteiger partial charge on any atom is 0.0352 e. The van der Waals surface area contributed by atoms with Crippen molar-refractivity contribution in [3.05, 3.63) is 42.0 Å². The highest BCUT2D eigenvalue weighted by molar-refractivity contribution is 5.62. The van der Waals surface area contributed by atoms with Crippen LogP contribution in [0.4, 0.5) is 0 Å². The number of allylic oxidation sites excluding steroid dienone is 1. The number of hydrogen-bond acceptors (Lipinski definition) is 1. The van der Waals surface area contributed by atoms with E-state index in [4.69, 9.17) is 5.73 Å². The SMILES string of the molecule is CC(C)(C)/C=C(/N)c1ccccc1. The molecule has 0 saturated carbocycles. The molecule has 0 saturated heterocycles. The maximum absolute atomic E-state index is 5.94. The van der Waals surface area contributed by atoms with E-state index in [1.165, 1.54) is 0 Å². The Bertz CT molecular complexity index is 291. The summed E-state index contributed by atoms with van der Waals surface area (Å²) in [6.07, 6.45) is 2.09. The Kier molecular flexibility index (Phi) is 2.76. The summed E-state index contributed by atoms with van der Waals surface area (Å²) < 4.78 is 0. The summed E-state index contributed by atoms with van der Waals surface area (Å²) >= 11 is 0. The Morgan fingerprint density at radius 1 is 1.15 bits per heavy atom. The average molecular weight is 175 g/mol. The van der Waals surface area contributed by atoms with Crippen molar-refractivity contribution >= 4 is 5.70 Å². The summed E-state index contributed by atoms with van der Waals surface area (Å²) in [5.74, 6) is 0. The van der Waals surface area contributed by atoms with E-state index in [1.54, 1.807) is 0 Å². The molecule has 1 rings (SSSR count). The van der Waals surface area contributed by atoms with Gasteiger partial charge in [0.1, 0.15) is 0 Å². The van der Waals surface area contributed by atoms with Gasteiger partial charge in [-0.25, -0.2) is 0 Å². The molecule has 0 bridgehead atoms. The van der Waals surface area contributed by atoms with E-state index in [2.05, 4.69) is 26.8 Å². The fourth-order valence-corrected chi connectivity index (χ4v) is 1.18. The van der Waals surface area contributed by atoms with E-state index in [0.29, 0.717) is 0 Å². The molecule has 0 aliphatic heterocycles. The first-order chi connectivity index (χ1) is 5.99. The minimum atomic E-state index is 0.139. The fourth-order valence-electron chi connectivity index (χ4n) is 1.18. The van der Waals surface area contributed by atoms with Crippen LogP contribution in [0, 0.1) is 5.41 Å². The molecule has 70 valence electrons. The lowest BCUT2D eigenvalue weighted by atomic mass is 9.94. The smallest absolute Gasteiger partial charge is 0.0352 e. The Labute approximate surface area is 80.3 Å². The highest BCUT2D eigenvalue weighted by atomic mass is 14.6. The summed E-state index contributed by atoms with van der Waals surface area (Å²) in [6, 6.07) is 10.0. The standard InChI is InChI=1S/C12H17N/c1-12(2,3)9-11(13)10-7-5-4-6-8-10/h4-9H,13H2,1-3H3/b11-9+. The summed E-state index contributed by atoms with van der Waals surface area (Å²) in [6.45, 7) is 6.42. The molecule has 0 aromatic heterocycles. The van der Waals surface area contributed by atoms with Crippen LogP contribution in [0.1, 0.15) is 26.3 Å². The topological polar surface area (TPSA) is 26.0 Å². The Hall–Kier alpha value is -1.24. The third-order valence-electron chi connectivity index (χ3n) is 1.70. The zero-order valence-electron chi connectivity index (χ0n) is 8.54. The summed E-state index contributed by atoms with van der Waals surface area (Å²) in [4.78, 5) is 0. The van der Waals surface area contributed by atoms with Crippen LogP contribution in [0.15, 0.2) is 36.4 Å². The first-order valence-electron chi connectivity index (χ1n) is 4.53. The molecular weight excluding hydrogens is 158 g/mol. The number of nitrogens with two attached hydrogens (primary N) is 1. The van der Waals surface area contributed by atoms with Crippen LogP contribution in [0.5, 0.6) is 0 Å². The van der Waals surface area contributed by atoms with E-state index in [-0.39, 0.29) is 5.41 Å². The lowest BCUT2D eigenvalue weighted by Gasteiger charge is -2.13. The lowest BCUT2D eigenvalue weighted by molar-refractivity contribution is 0.545. The maximum atomic E-state index is 5.94. The molecule has 0 radical (unpaired) electrons. The van der Waals surface area contributed by atoms with Crippen molar-refractivity contribution in [2.45, 2.75) is 20.8 Å². The van der Waals surface area contributed by atoms with Crippen LogP contribution in [0.2, 0.25) is 0 Å². The third kappa shape index (κ3) is 3.32. The molecule has 0 spiro atoms. The van der Waals surface area contributed by atoms with Crippen molar-refractivity contribution in [1.82, 2.24) is 0 Å². The van der Waals surface area contributed by atoms with Gasteiger partial charge in [0.15, 0.2) is 0 Å². The molecule has 0 unspecified atom stereocenters. The fraction of sp³-hybridized carbons (Fsp3) is 0.333. The molecule has 13 heavy (non-hydrogen) atoms. The van der Waals surface area contributed by atoms with Gasteiger partial charge in [-0.1, -0.05) is 57.2 Å². The summed E-state index contributed by atoms with van der Waals surface area (Å²) in [5, 5.41) is 0. The van der Waals surface area contributed by atoms with Crippen molar-refractivity contribution in [1.29, 1.82) is 0 Å². The molecule has 0 fully saturated rings. The van der Waals surface area contributed by atoms with Gasteiger partial charge in [-0.2, -0.15) is 0 Å². The zero-order chi connectivity index (χ0) is 9.90. The molecular formula is C12H17N. The van der Waals surface area contributed by atoms with E-state index in [0.717, 1.165) is 11.3 Å². The van der Waals surface area contributed by atoms with Crippen molar-refractivity contribution < 1.29 is 0 Å². The zero-order valence-corrected chi connectivity index (χ0v) is 8.54. The summed E-state index contributed by atoms with van der Waals surface area (Å²) in [7, 11) is 0. The van der Waals surface area contributed by atoms with E-state index in [9.17, 15) is 0 Å². The summed E-state index contributed by atoms with van der Waals surface area (Å²) in [5.41, 5.74) is 8.03. The third-order valence-corrected chi connectivity index (χ3v) is 1.70. The van der Waals surface area contributed by atoms with Gasteiger partial charge in [0, 0.05) is 5.70 Å². The highest BCUT2D eigenvalue weighted by Gasteiger charge is 2.07. The van der Waals surface area contributed by atoms with Gasteiger partial charge in [-0.3, -0.25) is 0 Å². The van der Waals surface area contributed by atoms with Crippen molar-refractivity contribution in [3.8, 4) is 0 Å². The van der Waals surface area contributed by atoms with Gasteiger partial charge in [-0.15, -0.1) is 0 Å². The predicted octanol–water partition coefficient (Wildman–Crippen LogP) is 3.03. The van der Waals surface area contributed by atoms with Gasteiger partial charge >= 0.3 is 0 Å². The van der Waals surface area contributed by atoms with Gasteiger partial charge < -0.3 is 5.73 Å². The van der Waals surface area contributed by atoms with Crippen molar-refractivity contribution in [2.75, 3.05) is 0 Å². The quantitative estimate of drug-likeness (QED) is 0.697. The molecule has 0 atom stereocenters. The van der Waals surface area contributed by atoms with E-state index in [1.807, 2.05) is 30.3 Å². The lowest BCUT2D eigenvalue weighted by Crippen LogP contribution is -2.05. The normalized spacial score (nSPS) is 13.0. The highest BCUT2D eigenvalue weighted by Crippen LogP contribution is 2.20. The molecule has 0 aliphatic carbocycles. The van der Waals surface area contributed by atoms with Crippen LogP contribution in [-0.4, -0.2) is 0 Å². The molecule has 1 aromatic carbocycles. The van der Waals surface area contributed by atoms with Crippen molar-refractivity contribution in [3.63, 3.8) is 0 Å². The molecule has 2 N–H and O–H groups in total. The first kappa shape index (κ1) is 9.85. The largest absolute Gasteiger partial charge is 0.398 e. The van der Waals surface area contributed by atoms with Crippen molar-refractivity contribution in [2.24, 2.45) is 11.1 Å². The Morgan fingerprint density at radius 3 is 2.15 bits per heavy atom. The van der Waals surface area contributed by atoms with Crippen LogP contribution < -0.4 is 5.73 Å². The molecule has 1 heteroatoms. The minimum Gasteiger partial charge on any atom is -0.398 e. The van der Waals surface area contributed by atoms with Gasteiger partial charge in [-0.05, 0) is 11.0 Å². The van der Waals surface area contributed by atoms with Crippen LogP contribution in [0.25, 0.3) is 5.70 Å². The number of benzene rings is 1. The second kappa shape index (κ2) is 3.65. The molecule has 1 aromatic rings. The number of hydrogen-bond donors (Lipinski definition) is 1. The Morgan fingerprint density at radius 2 is 1.69 bits per heavy atom. The Balaban J connectivity index is 2.92. The molecule has 0 heterocycles. The van der Waals surface area contributed by atoms with Crippen LogP contribution in [-0.2, 0) is 0 Å². The van der Waals surface area contributed by atoms with Gasteiger partial charge in [0.25, 0.3) is 0 Å². The molecule has 0 amide bonds. The van der Waals surface area contributed by atoms with Gasteiger partial charge in [0.05, 0.1) is 0 Å². The number of rotatable bonds is 1. The minimum absolute atomic E-state index is 0.139. The predicted molar refractivity (Wildman–Crippen MR) is 58.1 cm³/mol. The van der Waals surface area contributed by atoms with Gasteiger partial charge in [0.2, 0.25) is 0 Å².